The van der Waals surface area contributed by atoms with Crippen LogP contribution < -0.4 is 5.32 Å². The summed E-state index contributed by atoms with van der Waals surface area (Å²) >= 11 is 0. The second kappa shape index (κ2) is 7.04. The molecule has 1 atom stereocenters. The Morgan fingerprint density at radius 2 is 1.80 bits per heavy atom. The van der Waals surface area contributed by atoms with Gasteiger partial charge in [-0.15, -0.1) is 0 Å². The molecule has 1 N–H and O–H groups in total. The topological polar surface area (TPSA) is 61.9 Å². The Labute approximate surface area is 120 Å². The molecule has 20 heavy (non-hydrogen) atoms. The molecule has 2 saturated heterocycles. The monoisotopic (exact) mass is 283 g/mol. The third kappa shape index (κ3) is 3.70. The van der Waals surface area contributed by atoms with Crippen LogP contribution in [0.2, 0.25) is 0 Å². The Morgan fingerprint density at radius 1 is 1.10 bits per heavy atom. The van der Waals surface area contributed by atoms with Gasteiger partial charge in [0.25, 0.3) is 0 Å². The van der Waals surface area contributed by atoms with E-state index in [9.17, 15) is 9.59 Å². The minimum Gasteiger partial charge on any atom is -0.381 e. The molecule has 114 valence electrons. The molecule has 0 aromatic carbocycles. The number of likely N-dealkylation sites (N-methyl/N-ethyl adjacent to an activating group) is 1. The van der Waals surface area contributed by atoms with Gasteiger partial charge in [-0.3, -0.25) is 9.59 Å². The first-order valence-corrected chi connectivity index (χ1v) is 7.38. The zero-order valence-corrected chi connectivity index (χ0v) is 12.4. The molecule has 2 amide bonds. The lowest BCUT2D eigenvalue weighted by atomic mass is 9.98. The van der Waals surface area contributed by atoms with Gasteiger partial charge in [0.1, 0.15) is 0 Å². The molecular formula is C14H25N3O3. The van der Waals surface area contributed by atoms with E-state index >= 15 is 0 Å². The third-order valence-corrected chi connectivity index (χ3v) is 4.22. The van der Waals surface area contributed by atoms with Gasteiger partial charge in [-0.05, 0) is 19.9 Å². The zero-order valence-electron chi connectivity index (χ0n) is 12.4. The normalized spacial score (nSPS) is 26.1. The number of carbonyl (C=O) groups is 2. The zero-order chi connectivity index (χ0) is 14.5. The Bertz CT molecular complexity index is 356. The largest absolute Gasteiger partial charge is 0.381 e. The molecule has 2 rings (SSSR count). The number of ether oxygens (including phenoxy) is 1. The van der Waals surface area contributed by atoms with Crippen LogP contribution in [0.25, 0.3) is 0 Å². The fraction of sp³-hybridized carbons (Fsp3) is 0.857. The summed E-state index contributed by atoms with van der Waals surface area (Å²) in [5, 5.41) is 2.70. The van der Waals surface area contributed by atoms with Crippen molar-refractivity contribution in [2.24, 2.45) is 11.8 Å². The van der Waals surface area contributed by atoms with E-state index in [1.807, 2.05) is 11.9 Å². The van der Waals surface area contributed by atoms with Crippen molar-refractivity contribution < 1.29 is 14.3 Å². The van der Waals surface area contributed by atoms with Crippen LogP contribution in [-0.2, 0) is 14.3 Å². The Morgan fingerprint density at radius 3 is 2.45 bits per heavy atom. The summed E-state index contributed by atoms with van der Waals surface area (Å²) in [5.41, 5.74) is 0. The smallest absolute Gasteiger partial charge is 0.225 e. The van der Waals surface area contributed by atoms with Crippen LogP contribution in [0.5, 0.6) is 0 Å². The molecule has 6 heteroatoms. The fourth-order valence-corrected chi connectivity index (χ4v) is 2.95. The van der Waals surface area contributed by atoms with E-state index in [1.165, 1.54) is 0 Å². The predicted molar refractivity (Wildman–Crippen MR) is 75.2 cm³/mol. The first-order valence-electron chi connectivity index (χ1n) is 7.38. The minimum absolute atomic E-state index is 0.0172. The highest BCUT2D eigenvalue weighted by molar-refractivity contribution is 5.82. The maximum atomic E-state index is 12.6. The number of rotatable bonds is 2. The summed E-state index contributed by atoms with van der Waals surface area (Å²) in [6, 6.07) is 0. The number of nitrogens with one attached hydrogen (secondary N) is 1. The van der Waals surface area contributed by atoms with Crippen LogP contribution in [0.15, 0.2) is 0 Å². The Hall–Kier alpha value is -1.14. The van der Waals surface area contributed by atoms with Gasteiger partial charge in [-0.2, -0.15) is 0 Å². The molecule has 2 aliphatic rings. The number of nitrogens with zero attached hydrogens (tertiary/aromatic N) is 2. The minimum atomic E-state index is -0.142. The van der Waals surface area contributed by atoms with Crippen LogP contribution in [-0.4, -0.2) is 75.1 Å². The molecule has 0 aromatic rings. The van der Waals surface area contributed by atoms with E-state index in [4.69, 9.17) is 4.74 Å². The van der Waals surface area contributed by atoms with Crippen molar-refractivity contribution in [3.05, 3.63) is 0 Å². The van der Waals surface area contributed by atoms with E-state index in [1.54, 1.807) is 7.05 Å². The van der Waals surface area contributed by atoms with Gasteiger partial charge in [0.15, 0.2) is 0 Å². The van der Waals surface area contributed by atoms with E-state index in [0.29, 0.717) is 32.8 Å². The molecule has 0 aliphatic carbocycles. The highest BCUT2D eigenvalue weighted by Gasteiger charge is 2.32. The first-order chi connectivity index (χ1) is 9.61. The van der Waals surface area contributed by atoms with Crippen LogP contribution in [0.4, 0.5) is 0 Å². The van der Waals surface area contributed by atoms with Gasteiger partial charge in [0.05, 0.1) is 5.92 Å². The van der Waals surface area contributed by atoms with Crippen molar-refractivity contribution in [1.82, 2.24) is 15.1 Å². The quantitative estimate of drug-likeness (QED) is 0.745. The molecule has 2 heterocycles. The molecule has 6 nitrogen and oxygen atoms in total. The summed E-state index contributed by atoms with van der Waals surface area (Å²) in [6.45, 7) is 4.10. The molecule has 0 spiro atoms. The van der Waals surface area contributed by atoms with Gasteiger partial charge < -0.3 is 19.9 Å². The summed E-state index contributed by atoms with van der Waals surface area (Å²) in [7, 11) is 3.65. The van der Waals surface area contributed by atoms with Crippen LogP contribution in [0.1, 0.15) is 12.8 Å². The van der Waals surface area contributed by atoms with Gasteiger partial charge in [-0.1, -0.05) is 0 Å². The van der Waals surface area contributed by atoms with E-state index in [2.05, 4.69) is 10.2 Å². The van der Waals surface area contributed by atoms with Crippen molar-refractivity contribution in [1.29, 1.82) is 0 Å². The van der Waals surface area contributed by atoms with E-state index in [-0.39, 0.29) is 23.7 Å². The Kier molecular flexibility index (Phi) is 5.37. The number of hydrogen-bond acceptors (Lipinski definition) is 4. The van der Waals surface area contributed by atoms with Crippen LogP contribution in [0.3, 0.4) is 0 Å². The lowest BCUT2D eigenvalue weighted by Gasteiger charge is -2.29. The lowest BCUT2D eigenvalue weighted by Crippen LogP contribution is -2.44. The van der Waals surface area contributed by atoms with E-state index < -0.39 is 0 Å². The molecule has 0 saturated carbocycles. The summed E-state index contributed by atoms with van der Waals surface area (Å²) < 4.78 is 5.31. The first kappa shape index (κ1) is 15.3. The standard InChI is InChI=1S/C14H25N3O3/c1-15-13(18)12-9-16(2)5-6-17(10-12)14(19)11-3-7-20-8-4-11/h11-12H,3-10H2,1-2H3,(H,15,18)/t12-/m1/s1. The van der Waals surface area contributed by atoms with Crippen LogP contribution >= 0.6 is 0 Å². The maximum absolute atomic E-state index is 12.6. The Balaban J connectivity index is 2.01. The number of amides is 2. The highest BCUT2D eigenvalue weighted by Crippen LogP contribution is 2.19. The average Bonchev–Trinajstić information content (AvgIpc) is 2.68. The third-order valence-electron chi connectivity index (χ3n) is 4.22. The van der Waals surface area contributed by atoms with Crippen molar-refractivity contribution in [3.8, 4) is 0 Å². The second-order valence-electron chi connectivity index (χ2n) is 5.74. The molecule has 2 fully saturated rings. The summed E-state index contributed by atoms with van der Waals surface area (Å²) in [5.74, 6) is 0.134. The predicted octanol–water partition coefficient (Wildman–Crippen LogP) is -0.451. The summed E-state index contributed by atoms with van der Waals surface area (Å²) in [4.78, 5) is 28.5. The average molecular weight is 283 g/mol. The van der Waals surface area contributed by atoms with Gasteiger partial charge in [0, 0.05) is 52.4 Å². The molecule has 2 aliphatic heterocycles. The SMILES string of the molecule is CNC(=O)[C@@H]1CN(C)CCN(C(=O)C2CCOCC2)C1. The molecule has 0 bridgehead atoms. The van der Waals surface area contributed by atoms with Crippen molar-refractivity contribution >= 4 is 11.8 Å². The fourth-order valence-electron chi connectivity index (χ4n) is 2.95. The van der Waals surface area contributed by atoms with Gasteiger partial charge in [-0.25, -0.2) is 0 Å². The second-order valence-corrected chi connectivity index (χ2v) is 5.74. The van der Waals surface area contributed by atoms with Crippen molar-refractivity contribution in [2.75, 3.05) is 53.5 Å². The maximum Gasteiger partial charge on any atom is 0.225 e. The van der Waals surface area contributed by atoms with Gasteiger partial charge in [0.2, 0.25) is 11.8 Å². The van der Waals surface area contributed by atoms with E-state index in [0.717, 1.165) is 19.4 Å². The van der Waals surface area contributed by atoms with Crippen LogP contribution in [0, 0.1) is 11.8 Å². The molecular weight excluding hydrogens is 258 g/mol. The lowest BCUT2D eigenvalue weighted by molar-refractivity contribution is -0.139. The molecule has 0 aromatic heterocycles. The highest BCUT2D eigenvalue weighted by atomic mass is 16.5. The van der Waals surface area contributed by atoms with Gasteiger partial charge >= 0.3 is 0 Å². The van der Waals surface area contributed by atoms with Crippen molar-refractivity contribution in [2.45, 2.75) is 12.8 Å². The number of hydrogen-bond donors (Lipinski definition) is 1. The number of carbonyl (C=O) groups excluding carboxylic acids is 2. The van der Waals surface area contributed by atoms with Crippen molar-refractivity contribution in [3.63, 3.8) is 0 Å². The summed E-state index contributed by atoms with van der Waals surface area (Å²) in [6.07, 6.45) is 1.60. The molecule has 0 unspecified atom stereocenters. The molecule has 0 radical (unpaired) electrons.